The fourth-order valence-electron chi connectivity index (χ4n) is 12.5. The zero-order valence-electron chi connectivity index (χ0n) is 31.8. The zero-order valence-corrected chi connectivity index (χ0v) is 33.4. The molecule has 4 aliphatic carbocycles. The van der Waals surface area contributed by atoms with Crippen LogP contribution in [0.4, 0.5) is 0 Å². The van der Waals surface area contributed by atoms with E-state index in [-0.39, 0.29) is 24.9 Å². The van der Waals surface area contributed by atoms with Crippen LogP contribution in [0.3, 0.4) is 0 Å². The summed E-state index contributed by atoms with van der Waals surface area (Å²) in [4.78, 5) is 66.5. The molecule has 292 valence electrons. The summed E-state index contributed by atoms with van der Waals surface area (Å²) in [6.07, 6.45) is 1.28. The summed E-state index contributed by atoms with van der Waals surface area (Å²) in [5.74, 6) is -4.35. The number of aliphatic hydroxyl groups is 1. The Morgan fingerprint density at radius 1 is 0.981 bits per heavy atom. The van der Waals surface area contributed by atoms with E-state index in [0.717, 1.165) is 4.47 Å². The topological polar surface area (TPSA) is 164 Å². The molecule has 0 spiro atoms. The molecule has 1 aromatic carbocycles. The number of methoxy groups -OCH3 is 1. The number of carbonyl (C=O) groups excluding carboxylic acids is 5. The van der Waals surface area contributed by atoms with Crippen molar-refractivity contribution in [1.82, 2.24) is 0 Å². The Hall–Kier alpha value is -3.55. The van der Waals surface area contributed by atoms with Crippen molar-refractivity contribution in [2.45, 2.75) is 109 Å². The quantitative estimate of drug-likeness (QED) is 0.168. The van der Waals surface area contributed by atoms with Crippen LogP contribution in [0.15, 0.2) is 53.0 Å². The lowest BCUT2D eigenvalue weighted by Crippen LogP contribution is -2.82. The van der Waals surface area contributed by atoms with Gasteiger partial charge in [0.15, 0.2) is 6.10 Å². The Kier molecular flexibility index (Phi) is 9.13. The first kappa shape index (κ1) is 38.7. The van der Waals surface area contributed by atoms with Gasteiger partial charge in [-0.2, -0.15) is 0 Å². The molecule has 7 rings (SSSR count). The van der Waals surface area contributed by atoms with Gasteiger partial charge < -0.3 is 33.5 Å². The molecule has 13 atom stereocenters. The number of cyclic esters (lactones) is 1. The number of halogens is 1. The number of benzene rings is 1. The Balaban J connectivity index is 1.37. The van der Waals surface area contributed by atoms with Crippen molar-refractivity contribution in [2.24, 2.45) is 39.4 Å². The summed E-state index contributed by atoms with van der Waals surface area (Å²) in [6.45, 7) is 14.4. The SMILES string of the molecule is C=C1C[C@@]2(O)C3CC[C@]4(C)C(CC[C@@]5(C(C)OC(=O)c6ccc(Br)cc6)COC(=O)C=C[C@H]54)[C@@]3(C)[C@H](OC(C)=O)[C@H](OC(C)=O)[C@@]2(C)[C@]2(C(=O)OC)O[C@H]12. The average molecular weight is 814 g/mol. The monoisotopic (exact) mass is 812 g/mol. The largest absolute Gasteiger partial charge is 0.467 e. The third kappa shape index (κ3) is 5.02. The van der Waals surface area contributed by atoms with E-state index in [2.05, 4.69) is 29.4 Å². The second kappa shape index (κ2) is 12.7. The van der Waals surface area contributed by atoms with Gasteiger partial charge >= 0.3 is 29.8 Å². The summed E-state index contributed by atoms with van der Waals surface area (Å²) < 4.78 is 36.8. The fourth-order valence-corrected chi connectivity index (χ4v) is 12.7. The predicted molar refractivity (Wildman–Crippen MR) is 194 cm³/mol. The molecular weight excluding hydrogens is 764 g/mol. The van der Waals surface area contributed by atoms with E-state index in [9.17, 15) is 29.1 Å². The van der Waals surface area contributed by atoms with Crippen LogP contribution in [0.2, 0.25) is 0 Å². The Bertz CT molecular complexity index is 1840. The second-order valence-corrected chi connectivity index (χ2v) is 17.9. The van der Waals surface area contributed by atoms with Crippen LogP contribution in [0.5, 0.6) is 0 Å². The molecule has 1 aromatic rings. The summed E-state index contributed by atoms with van der Waals surface area (Å²) in [6, 6.07) is 6.88. The highest BCUT2D eigenvalue weighted by atomic mass is 79.9. The average Bonchev–Trinajstić information content (AvgIpc) is 3.90. The minimum absolute atomic E-state index is 0.00634. The predicted octanol–water partition coefficient (Wildman–Crippen LogP) is 5.43. The molecule has 54 heavy (non-hydrogen) atoms. The van der Waals surface area contributed by atoms with E-state index in [4.69, 9.17) is 28.4 Å². The second-order valence-electron chi connectivity index (χ2n) is 17.0. The maximum absolute atomic E-state index is 13.8. The lowest BCUT2D eigenvalue weighted by atomic mass is 9.32. The van der Waals surface area contributed by atoms with Crippen molar-refractivity contribution in [3.63, 3.8) is 0 Å². The molecule has 12 nitrogen and oxygen atoms in total. The number of hydrogen-bond donors (Lipinski definition) is 1. The molecule has 0 bridgehead atoms. The molecule has 3 unspecified atom stereocenters. The van der Waals surface area contributed by atoms with Crippen molar-refractivity contribution >= 4 is 45.8 Å². The molecule has 0 aromatic heterocycles. The van der Waals surface area contributed by atoms with Gasteiger partial charge in [-0.25, -0.2) is 14.4 Å². The molecule has 6 aliphatic rings. The first-order chi connectivity index (χ1) is 25.3. The lowest BCUT2D eigenvalue weighted by Gasteiger charge is -2.73. The summed E-state index contributed by atoms with van der Waals surface area (Å²) in [5, 5.41) is 13.5. The van der Waals surface area contributed by atoms with Crippen molar-refractivity contribution in [2.75, 3.05) is 13.7 Å². The number of ether oxygens (including phenoxy) is 6. The lowest BCUT2D eigenvalue weighted by molar-refractivity contribution is -0.336. The molecule has 4 saturated carbocycles. The standard InChI is InChI=1S/C41H49BrO12/c1-21-19-40(48)29-15-17-36(5)27(16-18-39(20-50-30(45)14-13-28(36)39)22(2)51-34(46)25-9-11-26(42)12-10-25)37(29,6)32(52-23(3)43)33(53-24(4)44)38(40,7)41(31(21)54-41)35(47)49-8/h9-14,22,27-29,31-33,48H,1,15-20H2,2-8H3/t22?,27?,28-,29?,31+,32+,33-,36+,37+,38+,39-,40+,41-/m0/s1. The van der Waals surface area contributed by atoms with Gasteiger partial charge in [-0.15, -0.1) is 0 Å². The molecular formula is C41H49BrO12. The Morgan fingerprint density at radius 2 is 1.61 bits per heavy atom. The van der Waals surface area contributed by atoms with Crippen LogP contribution in [-0.4, -0.2) is 84.3 Å². The molecule has 13 heteroatoms. The number of esters is 5. The summed E-state index contributed by atoms with van der Waals surface area (Å²) in [7, 11) is 1.24. The van der Waals surface area contributed by atoms with Gasteiger partial charge in [0, 0.05) is 41.6 Å². The van der Waals surface area contributed by atoms with Crippen molar-refractivity contribution in [3.05, 3.63) is 58.6 Å². The zero-order chi connectivity index (χ0) is 39.4. The van der Waals surface area contributed by atoms with Crippen LogP contribution in [0.25, 0.3) is 0 Å². The summed E-state index contributed by atoms with van der Waals surface area (Å²) >= 11 is 3.40. The van der Waals surface area contributed by atoms with Crippen LogP contribution in [-0.2, 0) is 47.6 Å². The molecule has 1 N–H and O–H groups in total. The van der Waals surface area contributed by atoms with Gasteiger partial charge in [-0.1, -0.05) is 42.4 Å². The first-order valence-corrected chi connectivity index (χ1v) is 19.4. The van der Waals surface area contributed by atoms with Gasteiger partial charge in [0.2, 0.25) is 5.60 Å². The number of fused-ring (bicyclic) bond motifs is 9. The van der Waals surface area contributed by atoms with Gasteiger partial charge in [-0.05, 0) is 92.5 Å². The van der Waals surface area contributed by atoms with Crippen molar-refractivity contribution < 1.29 is 57.5 Å². The number of epoxide rings is 1. The normalized spacial score (nSPS) is 43.6. The molecule has 5 fully saturated rings. The highest BCUT2D eigenvalue weighted by molar-refractivity contribution is 9.10. The van der Waals surface area contributed by atoms with E-state index < -0.39 is 93.0 Å². The van der Waals surface area contributed by atoms with E-state index in [1.165, 1.54) is 27.0 Å². The van der Waals surface area contributed by atoms with Crippen LogP contribution in [0.1, 0.15) is 84.0 Å². The third-order valence-electron chi connectivity index (χ3n) is 14.8. The maximum Gasteiger partial charge on any atom is 0.342 e. The van der Waals surface area contributed by atoms with Gasteiger partial charge in [0.25, 0.3) is 0 Å². The third-order valence-corrected chi connectivity index (χ3v) is 15.4. The minimum atomic E-state index is -1.75. The van der Waals surface area contributed by atoms with Gasteiger partial charge in [0.05, 0.1) is 23.7 Å². The molecule has 2 aliphatic heterocycles. The van der Waals surface area contributed by atoms with Crippen LogP contribution >= 0.6 is 15.9 Å². The Morgan fingerprint density at radius 3 is 2.24 bits per heavy atom. The minimum Gasteiger partial charge on any atom is -0.467 e. The smallest absolute Gasteiger partial charge is 0.342 e. The van der Waals surface area contributed by atoms with E-state index >= 15 is 0 Å². The van der Waals surface area contributed by atoms with Crippen molar-refractivity contribution in [3.8, 4) is 0 Å². The molecule has 0 radical (unpaired) electrons. The van der Waals surface area contributed by atoms with Gasteiger partial charge in [-0.3, -0.25) is 9.59 Å². The summed E-state index contributed by atoms with van der Waals surface area (Å²) in [5.41, 5.74) is -6.76. The fraction of sp³-hybridized carbons (Fsp3) is 0.634. The van der Waals surface area contributed by atoms with E-state index in [1.54, 1.807) is 31.2 Å². The highest BCUT2D eigenvalue weighted by Gasteiger charge is 2.90. The van der Waals surface area contributed by atoms with Crippen molar-refractivity contribution in [1.29, 1.82) is 0 Å². The van der Waals surface area contributed by atoms with Crippen LogP contribution in [0, 0.1) is 39.4 Å². The van der Waals surface area contributed by atoms with E-state index in [1.807, 2.05) is 19.9 Å². The number of carbonyl (C=O) groups is 5. The Labute approximate surface area is 323 Å². The highest BCUT2D eigenvalue weighted by Crippen LogP contribution is 2.78. The van der Waals surface area contributed by atoms with Gasteiger partial charge in [0.1, 0.15) is 24.9 Å². The van der Waals surface area contributed by atoms with Crippen LogP contribution < -0.4 is 0 Å². The number of hydrogen-bond acceptors (Lipinski definition) is 12. The first-order valence-electron chi connectivity index (χ1n) is 18.6. The number of rotatable bonds is 6. The molecule has 0 amide bonds. The van der Waals surface area contributed by atoms with E-state index in [0.29, 0.717) is 36.8 Å². The maximum atomic E-state index is 13.8. The molecule has 1 saturated heterocycles. The number of allylic oxidation sites excluding steroid dienone is 1. The molecule has 2 heterocycles.